The zero-order valence-corrected chi connectivity index (χ0v) is 22.6. The van der Waals surface area contributed by atoms with Crippen LogP contribution in [0.1, 0.15) is 59.3 Å². The zero-order chi connectivity index (χ0) is 27.4. The summed E-state index contributed by atoms with van der Waals surface area (Å²) >= 11 is 0. The number of ether oxygens (including phenoxy) is 2. The summed E-state index contributed by atoms with van der Waals surface area (Å²) in [6, 6.07) is -1.58. The minimum Gasteiger partial charge on any atom is -0.460 e. The highest BCUT2D eigenvalue weighted by Crippen LogP contribution is 2.56. The summed E-state index contributed by atoms with van der Waals surface area (Å²) in [4.78, 5) is 57.2. The van der Waals surface area contributed by atoms with Gasteiger partial charge in [0.25, 0.3) is 0 Å². The lowest BCUT2D eigenvalue weighted by molar-refractivity contribution is -0.159. The standard InChI is InChI=1S/C28H41N3O7/c1-4-6-9-14-30-15-10-7-8-11-21(33)29-16-18(3)37-27(36)22-20-12-13-28(38-20)23(22)25(34)31(19(5-2)17-32)24(28)26(30)35/h7,10,12-13,18-20,22-24,32H,4-6,8-9,11,14-17H2,1-3H3,(H,29,33)/b10-7-/t18-,19+,20+,22-,23-,24+,28-/m1/s1. The van der Waals surface area contributed by atoms with Crippen molar-refractivity contribution in [1.29, 1.82) is 0 Å². The number of esters is 1. The molecule has 2 fully saturated rings. The van der Waals surface area contributed by atoms with Crippen molar-refractivity contribution in [3.63, 3.8) is 0 Å². The van der Waals surface area contributed by atoms with E-state index in [1.165, 1.54) is 4.90 Å². The molecule has 4 rings (SSSR count). The van der Waals surface area contributed by atoms with Gasteiger partial charge in [-0.3, -0.25) is 19.2 Å². The second kappa shape index (κ2) is 12.0. The van der Waals surface area contributed by atoms with E-state index in [0.717, 1.165) is 19.3 Å². The number of carbonyl (C=O) groups is 4. The smallest absolute Gasteiger partial charge is 0.313 e. The lowest BCUT2D eigenvalue weighted by atomic mass is 9.74. The van der Waals surface area contributed by atoms with Crippen LogP contribution in [0.4, 0.5) is 0 Å². The Bertz CT molecular complexity index is 977. The Labute approximate surface area is 224 Å². The molecule has 0 aromatic rings. The number of nitrogens with one attached hydrogen (secondary N) is 1. The molecule has 0 unspecified atom stereocenters. The molecule has 0 saturated carbocycles. The first-order valence-electron chi connectivity index (χ1n) is 14.0. The topological polar surface area (TPSA) is 125 Å². The number of rotatable bonds is 7. The monoisotopic (exact) mass is 531 g/mol. The van der Waals surface area contributed by atoms with E-state index >= 15 is 0 Å². The zero-order valence-electron chi connectivity index (χ0n) is 22.6. The number of cyclic esters (lactones) is 1. The number of unbranched alkanes of at least 4 members (excludes halogenated alkanes) is 2. The number of amides is 3. The molecule has 2 N–H and O–H groups in total. The molecule has 5 bridgehead atoms. The van der Waals surface area contributed by atoms with Gasteiger partial charge in [0.05, 0.1) is 31.2 Å². The van der Waals surface area contributed by atoms with Crippen molar-refractivity contribution in [2.75, 3.05) is 26.2 Å². The number of fused-ring (bicyclic) bond motifs is 2. The molecule has 4 heterocycles. The molecule has 0 aromatic carbocycles. The quantitative estimate of drug-likeness (QED) is 0.288. The molecule has 3 amide bonds. The fourth-order valence-electron chi connectivity index (χ4n) is 6.18. The van der Waals surface area contributed by atoms with E-state index in [0.29, 0.717) is 25.9 Å². The first-order chi connectivity index (χ1) is 18.3. The Morgan fingerprint density at radius 3 is 2.66 bits per heavy atom. The maximum atomic E-state index is 14.3. The third-order valence-electron chi connectivity index (χ3n) is 8.17. The van der Waals surface area contributed by atoms with Gasteiger partial charge in [0.1, 0.15) is 23.7 Å². The normalized spacial score (nSPS) is 35.3. The summed E-state index contributed by atoms with van der Waals surface area (Å²) in [5, 5.41) is 13.0. The van der Waals surface area contributed by atoms with Crippen LogP contribution in [0.2, 0.25) is 0 Å². The summed E-state index contributed by atoms with van der Waals surface area (Å²) in [7, 11) is 0. The van der Waals surface area contributed by atoms with E-state index in [-0.39, 0.29) is 37.3 Å². The van der Waals surface area contributed by atoms with Gasteiger partial charge in [-0.1, -0.05) is 51.0 Å². The molecule has 10 heteroatoms. The van der Waals surface area contributed by atoms with Gasteiger partial charge in [0, 0.05) is 19.5 Å². The first kappa shape index (κ1) is 28.3. The number of likely N-dealkylation sites (tertiary alicyclic amines) is 1. The van der Waals surface area contributed by atoms with Gasteiger partial charge in [-0.25, -0.2) is 0 Å². The van der Waals surface area contributed by atoms with Crippen molar-refractivity contribution >= 4 is 23.7 Å². The van der Waals surface area contributed by atoms with Crippen molar-refractivity contribution in [1.82, 2.24) is 15.1 Å². The number of allylic oxidation sites excluding steroid dienone is 1. The van der Waals surface area contributed by atoms with Crippen molar-refractivity contribution in [2.24, 2.45) is 11.8 Å². The molecule has 38 heavy (non-hydrogen) atoms. The molecule has 0 aromatic heterocycles. The second-order valence-corrected chi connectivity index (χ2v) is 10.7. The van der Waals surface area contributed by atoms with Crippen LogP contribution >= 0.6 is 0 Å². The molecule has 10 nitrogen and oxygen atoms in total. The maximum Gasteiger partial charge on any atom is 0.313 e. The number of nitrogens with zero attached hydrogens (tertiary/aromatic N) is 2. The highest BCUT2D eigenvalue weighted by Gasteiger charge is 2.74. The summed E-state index contributed by atoms with van der Waals surface area (Å²) in [5.74, 6) is -3.21. The molecule has 2 saturated heterocycles. The summed E-state index contributed by atoms with van der Waals surface area (Å²) in [6.07, 6.45) is 10.0. The minimum atomic E-state index is -1.30. The second-order valence-electron chi connectivity index (χ2n) is 10.7. The van der Waals surface area contributed by atoms with Gasteiger partial charge in [-0.15, -0.1) is 0 Å². The average molecular weight is 532 g/mol. The van der Waals surface area contributed by atoms with Crippen LogP contribution in [-0.4, -0.2) is 94.7 Å². The van der Waals surface area contributed by atoms with E-state index in [2.05, 4.69) is 12.2 Å². The van der Waals surface area contributed by atoms with Gasteiger partial charge in [0.2, 0.25) is 17.7 Å². The largest absolute Gasteiger partial charge is 0.460 e. The number of aliphatic hydroxyl groups excluding tert-OH is 1. The summed E-state index contributed by atoms with van der Waals surface area (Å²) in [5.41, 5.74) is -1.30. The van der Waals surface area contributed by atoms with Crippen LogP contribution < -0.4 is 5.32 Å². The summed E-state index contributed by atoms with van der Waals surface area (Å²) in [6.45, 7) is 6.33. The average Bonchev–Trinajstić information content (AvgIpc) is 3.54. The van der Waals surface area contributed by atoms with Crippen LogP contribution in [0.5, 0.6) is 0 Å². The Morgan fingerprint density at radius 2 is 1.95 bits per heavy atom. The molecular formula is C28H41N3O7. The number of carbonyl (C=O) groups excluding carboxylic acids is 4. The van der Waals surface area contributed by atoms with Crippen molar-refractivity contribution in [3.8, 4) is 0 Å². The van der Waals surface area contributed by atoms with Crippen molar-refractivity contribution in [3.05, 3.63) is 24.3 Å². The Hall–Kier alpha value is -2.72. The SMILES string of the molecule is CCCCCN1C/C=C\CCC(=O)NC[C@@H](C)OC(=O)[C@@H]2[C@@H]3C=C[C@]4(O3)[C@H](C1=O)N([C@@H](CC)CO)C(=O)[C@@H]24. The molecule has 0 aliphatic carbocycles. The molecule has 1 spiro atoms. The highest BCUT2D eigenvalue weighted by atomic mass is 16.6. The number of hydrogen-bond acceptors (Lipinski definition) is 7. The van der Waals surface area contributed by atoms with Gasteiger partial charge in [-0.05, 0) is 26.2 Å². The fourth-order valence-corrected chi connectivity index (χ4v) is 6.18. The fraction of sp³-hybridized carbons (Fsp3) is 0.714. The number of hydrogen-bond donors (Lipinski definition) is 2. The lowest BCUT2D eigenvalue weighted by Gasteiger charge is -2.38. The van der Waals surface area contributed by atoms with Gasteiger partial charge < -0.3 is 29.7 Å². The van der Waals surface area contributed by atoms with E-state index in [9.17, 15) is 24.3 Å². The van der Waals surface area contributed by atoms with Crippen LogP contribution in [0, 0.1) is 11.8 Å². The Morgan fingerprint density at radius 1 is 1.16 bits per heavy atom. The molecule has 4 aliphatic rings. The molecular weight excluding hydrogens is 490 g/mol. The summed E-state index contributed by atoms with van der Waals surface area (Å²) < 4.78 is 12.0. The van der Waals surface area contributed by atoms with Gasteiger partial charge >= 0.3 is 5.97 Å². The van der Waals surface area contributed by atoms with Gasteiger partial charge in [0.15, 0.2) is 0 Å². The Kier molecular flexibility index (Phi) is 8.92. The van der Waals surface area contributed by atoms with E-state index in [4.69, 9.17) is 9.47 Å². The lowest BCUT2D eigenvalue weighted by Crippen LogP contribution is -2.58. The molecule has 0 radical (unpaired) electrons. The van der Waals surface area contributed by atoms with E-state index in [1.54, 1.807) is 24.0 Å². The van der Waals surface area contributed by atoms with Crippen LogP contribution in [0.25, 0.3) is 0 Å². The minimum absolute atomic E-state index is 0.151. The first-order valence-corrected chi connectivity index (χ1v) is 14.0. The predicted octanol–water partition coefficient (Wildman–Crippen LogP) is 1.32. The molecule has 4 aliphatic heterocycles. The van der Waals surface area contributed by atoms with Crippen LogP contribution in [-0.2, 0) is 28.7 Å². The predicted molar refractivity (Wildman–Crippen MR) is 139 cm³/mol. The van der Waals surface area contributed by atoms with Crippen molar-refractivity contribution in [2.45, 2.75) is 89.2 Å². The molecule has 210 valence electrons. The molecule has 7 atom stereocenters. The third kappa shape index (κ3) is 5.12. The third-order valence-corrected chi connectivity index (χ3v) is 8.17. The highest BCUT2D eigenvalue weighted by molar-refractivity contribution is 5.99. The van der Waals surface area contributed by atoms with Crippen molar-refractivity contribution < 1.29 is 33.8 Å². The maximum absolute atomic E-state index is 14.3. The van der Waals surface area contributed by atoms with Gasteiger partial charge in [-0.2, -0.15) is 0 Å². The van der Waals surface area contributed by atoms with Crippen LogP contribution in [0.3, 0.4) is 0 Å². The van der Waals surface area contributed by atoms with E-state index < -0.39 is 47.7 Å². The number of aliphatic hydroxyl groups is 1. The van der Waals surface area contributed by atoms with Crippen LogP contribution in [0.15, 0.2) is 24.3 Å². The Balaban J connectivity index is 1.76. The van der Waals surface area contributed by atoms with E-state index in [1.807, 2.05) is 19.1 Å².